The van der Waals surface area contributed by atoms with Crippen LogP contribution in [0.25, 0.3) is 0 Å². The molecule has 1 aliphatic heterocycles. The van der Waals surface area contributed by atoms with E-state index >= 15 is 0 Å². The van der Waals surface area contributed by atoms with Gasteiger partial charge in [0.05, 0.1) is 0 Å². The van der Waals surface area contributed by atoms with E-state index in [0.717, 1.165) is 19.5 Å². The van der Waals surface area contributed by atoms with Gasteiger partial charge in [-0.05, 0) is 41.2 Å². The highest BCUT2D eigenvalue weighted by atomic mass is 16.6. The van der Waals surface area contributed by atoms with Gasteiger partial charge in [0.2, 0.25) is 0 Å². The number of carbonyl (C=O) groups excluding carboxylic acids is 2. The van der Waals surface area contributed by atoms with Crippen molar-refractivity contribution in [1.29, 1.82) is 0 Å². The number of amides is 1. The Morgan fingerprint density at radius 3 is 2.47 bits per heavy atom. The molecule has 0 aromatic rings. The predicted octanol–water partition coefficient (Wildman–Crippen LogP) is 1.15. The summed E-state index contributed by atoms with van der Waals surface area (Å²) in [4.78, 5) is 25.4. The lowest BCUT2D eigenvalue weighted by Gasteiger charge is -2.22. The van der Waals surface area contributed by atoms with Crippen LogP contribution in [0.4, 0.5) is 4.79 Å². The van der Waals surface area contributed by atoms with Crippen LogP contribution in [-0.4, -0.2) is 54.8 Å². The van der Waals surface area contributed by atoms with Gasteiger partial charge in [0.15, 0.2) is 0 Å². The Labute approximate surface area is 114 Å². The highest BCUT2D eigenvalue weighted by molar-refractivity contribution is 5.81. The lowest BCUT2D eigenvalue weighted by Crippen LogP contribution is -2.43. The zero-order valence-corrected chi connectivity index (χ0v) is 12.4. The predicted molar refractivity (Wildman–Crippen MR) is 70.8 cm³/mol. The van der Waals surface area contributed by atoms with Gasteiger partial charge < -0.3 is 19.7 Å². The SMILES string of the molecule is C[C@H](NC(=O)OC(C)(C)C)C(=O)OC1CCN(C)C1. The van der Waals surface area contributed by atoms with E-state index in [2.05, 4.69) is 10.2 Å². The number of nitrogens with one attached hydrogen (secondary N) is 1. The van der Waals surface area contributed by atoms with Gasteiger partial charge >= 0.3 is 12.1 Å². The standard InChI is InChI=1S/C13H24N2O4/c1-9(14-12(17)19-13(2,3)4)11(16)18-10-6-7-15(5)8-10/h9-10H,6-8H2,1-5H3,(H,14,17)/t9-,10?/m0/s1. The van der Waals surface area contributed by atoms with Crippen molar-refractivity contribution in [2.24, 2.45) is 0 Å². The van der Waals surface area contributed by atoms with Crippen LogP contribution < -0.4 is 5.32 Å². The second-order valence-corrected chi connectivity index (χ2v) is 5.98. The average Bonchev–Trinajstić information content (AvgIpc) is 2.60. The molecule has 6 nitrogen and oxygen atoms in total. The monoisotopic (exact) mass is 272 g/mol. The van der Waals surface area contributed by atoms with Crippen molar-refractivity contribution in [3.8, 4) is 0 Å². The second-order valence-electron chi connectivity index (χ2n) is 5.98. The maximum absolute atomic E-state index is 11.8. The fourth-order valence-electron chi connectivity index (χ4n) is 1.80. The molecular weight excluding hydrogens is 248 g/mol. The van der Waals surface area contributed by atoms with Crippen molar-refractivity contribution in [1.82, 2.24) is 10.2 Å². The van der Waals surface area contributed by atoms with Crippen molar-refractivity contribution in [3.63, 3.8) is 0 Å². The zero-order valence-electron chi connectivity index (χ0n) is 12.4. The summed E-state index contributed by atoms with van der Waals surface area (Å²) < 4.78 is 10.4. The number of rotatable bonds is 3. The molecule has 0 aromatic carbocycles. The summed E-state index contributed by atoms with van der Waals surface area (Å²) in [5, 5.41) is 2.47. The molecule has 1 heterocycles. The van der Waals surface area contributed by atoms with E-state index in [-0.39, 0.29) is 6.10 Å². The van der Waals surface area contributed by atoms with Gasteiger partial charge in [0.1, 0.15) is 17.7 Å². The van der Waals surface area contributed by atoms with Gasteiger partial charge in [-0.3, -0.25) is 0 Å². The van der Waals surface area contributed by atoms with Gasteiger partial charge in [-0.1, -0.05) is 0 Å². The number of ether oxygens (including phenoxy) is 2. The lowest BCUT2D eigenvalue weighted by atomic mass is 10.2. The number of likely N-dealkylation sites (tertiary alicyclic amines) is 1. The molecule has 110 valence electrons. The molecule has 0 spiro atoms. The number of likely N-dealkylation sites (N-methyl/N-ethyl adjacent to an activating group) is 1. The number of hydrogen-bond acceptors (Lipinski definition) is 5. The molecule has 1 amide bonds. The van der Waals surface area contributed by atoms with Gasteiger partial charge in [0.25, 0.3) is 0 Å². The number of nitrogens with zero attached hydrogens (tertiary/aromatic N) is 1. The van der Waals surface area contributed by atoms with Crippen LogP contribution >= 0.6 is 0 Å². The topological polar surface area (TPSA) is 67.9 Å². The fourth-order valence-corrected chi connectivity index (χ4v) is 1.80. The zero-order chi connectivity index (χ0) is 14.6. The minimum Gasteiger partial charge on any atom is -0.459 e. The lowest BCUT2D eigenvalue weighted by molar-refractivity contribution is -0.150. The van der Waals surface area contributed by atoms with Crippen LogP contribution in [0.15, 0.2) is 0 Å². The van der Waals surface area contributed by atoms with Crippen LogP contribution in [0.5, 0.6) is 0 Å². The van der Waals surface area contributed by atoms with Crippen molar-refractivity contribution in [3.05, 3.63) is 0 Å². The molecule has 1 saturated heterocycles. The van der Waals surface area contributed by atoms with Crippen LogP contribution in [0.1, 0.15) is 34.1 Å². The third-order valence-corrected chi connectivity index (χ3v) is 2.72. The molecule has 19 heavy (non-hydrogen) atoms. The molecule has 0 bridgehead atoms. The Morgan fingerprint density at radius 1 is 1.37 bits per heavy atom. The molecule has 1 rings (SSSR count). The highest BCUT2D eigenvalue weighted by Crippen LogP contribution is 2.11. The molecule has 2 atom stereocenters. The Hall–Kier alpha value is -1.30. The molecular formula is C13H24N2O4. The number of alkyl carbamates (subject to hydrolysis) is 1. The first-order chi connectivity index (χ1) is 8.67. The quantitative estimate of drug-likeness (QED) is 0.781. The van der Waals surface area contributed by atoms with E-state index in [1.165, 1.54) is 0 Å². The maximum atomic E-state index is 11.8. The van der Waals surface area contributed by atoms with Gasteiger partial charge in [0, 0.05) is 13.1 Å². The second kappa shape index (κ2) is 6.23. The Bertz CT molecular complexity index is 338. The first-order valence-electron chi connectivity index (χ1n) is 6.56. The number of esters is 1. The van der Waals surface area contributed by atoms with E-state index in [1.54, 1.807) is 27.7 Å². The highest BCUT2D eigenvalue weighted by Gasteiger charge is 2.27. The third kappa shape index (κ3) is 5.92. The Kier molecular flexibility index (Phi) is 5.17. The maximum Gasteiger partial charge on any atom is 0.408 e. The minimum absolute atomic E-state index is 0.0830. The molecule has 1 fully saturated rings. The van der Waals surface area contributed by atoms with Crippen LogP contribution in [0.2, 0.25) is 0 Å². The van der Waals surface area contributed by atoms with E-state index in [1.807, 2.05) is 7.05 Å². The van der Waals surface area contributed by atoms with Crippen molar-refractivity contribution in [2.75, 3.05) is 20.1 Å². The van der Waals surface area contributed by atoms with Crippen molar-refractivity contribution < 1.29 is 19.1 Å². The molecule has 1 aliphatic rings. The largest absolute Gasteiger partial charge is 0.459 e. The van der Waals surface area contributed by atoms with E-state index in [0.29, 0.717) is 0 Å². The summed E-state index contributed by atoms with van der Waals surface area (Å²) in [6.07, 6.45) is 0.141. The van der Waals surface area contributed by atoms with Crippen molar-refractivity contribution >= 4 is 12.1 Å². The van der Waals surface area contributed by atoms with Gasteiger partial charge in [-0.15, -0.1) is 0 Å². The molecule has 6 heteroatoms. The summed E-state index contributed by atoms with van der Waals surface area (Å²) in [6, 6.07) is -0.708. The summed E-state index contributed by atoms with van der Waals surface area (Å²) in [5.74, 6) is -0.425. The molecule has 0 aromatic heterocycles. The summed E-state index contributed by atoms with van der Waals surface area (Å²) >= 11 is 0. The van der Waals surface area contributed by atoms with E-state index < -0.39 is 23.7 Å². The van der Waals surface area contributed by atoms with Crippen LogP contribution in [-0.2, 0) is 14.3 Å². The van der Waals surface area contributed by atoms with Crippen molar-refractivity contribution in [2.45, 2.75) is 51.9 Å². The molecule has 1 unspecified atom stereocenters. The summed E-state index contributed by atoms with van der Waals surface area (Å²) in [5.41, 5.74) is -0.581. The van der Waals surface area contributed by atoms with Crippen LogP contribution in [0.3, 0.4) is 0 Å². The molecule has 0 saturated carbocycles. The molecule has 1 N–H and O–H groups in total. The molecule has 0 aliphatic carbocycles. The number of carbonyl (C=O) groups is 2. The summed E-state index contributed by atoms with van der Waals surface area (Å²) in [7, 11) is 1.98. The Balaban J connectivity index is 2.34. The normalized spacial score (nSPS) is 21.8. The first kappa shape index (κ1) is 15.8. The van der Waals surface area contributed by atoms with E-state index in [9.17, 15) is 9.59 Å². The fraction of sp³-hybridized carbons (Fsp3) is 0.846. The minimum atomic E-state index is -0.708. The number of hydrogen-bond donors (Lipinski definition) is 1. The summed E-state index contributed by atoms with van der Waals surface area (Å²) in [6.45, 7) is 8.55. The molecule has 0 radical (unpaired) electrons. The van der Waals surface area contributed by atoms with Gasteiger partial charge in [-0.25, -0.2) is 9.59 Å². The van der Waals surface area contributed by atoms with Gasteiger partial charge in [-0.2, -0.15) is 0 Å². The average molecular weight is 272 g/mol. The smallest absolute Gasteiger partial charge is 0.408 e. The van der Waals surface area contributed by atoms with Crippen LogP contribution in [0, 0.1) is 0 Å². The van der Waals surface area contributed by atoms with E-state index in [4.69, 9.17) is 9.47 Å². The third-order valence-electron chi connectivity index (χ3n) is 2.72. The first-order valence-corrected chi connectivity index (χ1v) is 6.56. The Morgan fingerprint density at radius 2 is 2.00 bits per heavy atom.